The van der Waals surface area contributed by atoms with Crippen molar-refractivity contribution in [3.8, 4) is 5.75 Å². The predicted octanol–water partition coefficient (Wildman–Crippen LogP) is 0.802. The Kier molecular flexibility index (Phi) is 9.33. The number of nitrogens with zero attached hydrogens (tertiary/aromatic N) is 1. The number of benzene rings is 1. The summed E-state index contributed by atoms with van der Waals surface area (Å²) in [5, 5.41) is 8.71. The Morgan fingerprint density at radius 2 is 2.00 bits per heavy atom. The van der Waals surface area contributed by atoms with Gasteiger partial charge >= 0.3 is 5.97 Å². The number of pyridine rings is 1. The van der Waals surface area contributed by atoms with Crippen LogP contribution >= 0.6 is 0 Å². The molecule has 0 radical (unpaired) electrons. The normalized spacial score (nSPS) is 10.4. The maximum Gasteiger partial charge on any atom is 0.303 e. The fraction of sp³-hybridized carbons (Fsp3) is 0.300. The predicted molar refractivity (Wildman–Crippen MR) is 94.7 cm³/mol. The minimum Gasteiger partial charge on any atom is -1.00 e. The van der Waals surface area contributed by atoms with Gasteiger partial charge in [0.15, 0.2) is 6.20 Å². The van der Waals surface area contributed by atoms with E-state index >= 15 is 0 Å². The molecule has 0 saturated carbocycles. The van der Waals surface area contributed by atoms with Crippen molar-refractivity contribution in [2.24, 2.45) is 0 Å². The van der Waals surface area contributed by atoms with Crippen LogP contribution in [0, 0.1) is 0 Å². The molecular formula is C20H24ClNO3. The molecule has 0 aliphatic carbocycles. The smallest absolute Gasteiger partial charge is 0.303 e. The molecule has 0 bridgehead atoms. The minimum atomic E-state index is -0.734. The highest BCUT2D eigenvalue weighted by Gasteiger charge is 2.07. The van der Waals surface area contributed by atoms with Crippen molar-refractivity contribution in [2.45, 2.75) is 32.7 Å². The number of carboxylic acids is 1. The number of rotatable bonds is 9. The Labute approximate surface area is 155 Å². The fourth-order valence-electron chi connectivity index (χ4n) is 2.46. The van der Waals surface area contributed by atoms with Gasteiger partial charge in [0.05, 0.1) is 6.61 Å². The summed E-state index contributed by atoms with van der Waals surface area (Å²) in [5.41, 5.74) is 2.18. The van der Waals surface area contributed by atoms with Crippen molar-refractivity contribution in [1.82, 2.24) is 0 Å². The first kappa shape index (κ1) is 20.7. The van der Waals surface area contributed by atoms with Crippen LogP contribution in [0.4, 0.5) is 0 Å². The zero-order chi connectivity index (χ0) is 17.2. The van der Waals surface area contributed by atoms with Gasteiger partial charge in [0.25, 0.3) is 0 Å². The standard InChI is InChI=1S/C20H23NO3.ClH/c1-2-24-19-10-7-8-17(16-19)12-13-18-9-3-5-14-21(18)15-6-4-11-20(22)23;/h3,5,7-10,12-14,16H,2,4,6,11,15H2,1H3;1H/b13-12+;. The second-order valence-corrected chi connectivity index (χ2v) is 5.51. The topological polar surface area (TPSA) is 50.4 Å². The summed E-state index contributed by atoms with van der Waals surface area (Å²) < 4.78 is 7.66. The van der Waals surface area contributed by atoms with Gasteiger partial charge in [-0.2, -0.15) is 4.57 Å². The van der Waals surface area contributed by atoms with Crippen LogP contribution in [0.25, 0.3) is 12.2 Å². The molecule has 0 amide bonds. The molecule has 2 aromatic rings. The number of hydrogen-bond acceptors (Lipinski definition) is 2. The summed E-state index contributed by atoms with van der Waals surface area (Å²) in [6.45, 7) is 3.44. The van der Waals surface area contributed by atoms with Crippen LogP contribution in [0.15, 0.2) is 48.7 Å². The van der Waals surface area contributed by atoms with Crippen molar-refractivity contribution in [1.29, 1.82) is 0 Å². The van der Waals surface area contributed by atoms with Gasteiger partial charge in [-0.25, -0.2) is 0 Å². The zero-order valence-electron chi connectivity index (χ0n) is 14.4. The number of aryl methyl sites for hydroxylation is 1. The lowest BCUT2D eigenvalue weighted by Crippen LogP contribution is -3.00. The summed E-state index contributed by atoms with van der Waals surface area (Å²) >= 11 is 0. The number of aliphatic carboxylic acids is 1. The van der Waals surface area contributed by atoms with Gasteiger partial charge in [0, 0.05) is 31.1 Å². The van der Waals surface area contributed by atoms with Gasteiger partial charge in [-0.05, 0) is 43.2 Å². The first-order valence-electron chi connectivity index (χ1n) is 8.30. The van der Waals surface area contributed by atoms with Crippen molar-refractivity contribution in [3.63, 3.8) is 0 Å². The lowest BCUT2D eigenvalue weighted by atomic mass is 10.1. The monoisotopic (exact) mass is 361 g/mol. The van der Waals surface area contributed by atoms with E-state index in [0.29, 0.717) is 13.0 Å². The summed E-state index contributed by atoms with van der Waals surface area (Å²) in [5.74, 6) is 0.136. The second kappa shape index (κ2) is 11.3. The molecule has 2 rings (SSSR count). The quantitative estimate of drug-likeness (QED) is 0.531. The maximum atomic E-state index is 10.6. The van der Waals surface area contributed by atoms with Crippen LogP contribution in [0.5, 0.6) is 5.75 Å². The molecule has 0 unspecified atom stereocenters. The van der Waals surface area contributed by atoms with E-state index in [4.69, 9.17) is 9.84 Å². The van der Waals surface area contributed by atoms with Gasteiger partial charge in [-0.1, -0.05) is 12.1 Å². The highest BCUT2D eigenvalue weighted by molar-refractivity contribution is 5.67. The Morgan fingerprint density at radius 1 is 1.16 bits per heavy atom. The Hall–Kier alpha value is -2.33. The number of carboxylic acid groups (broad SMARTS) is 1. The van der Waals surface area contributed by atoms with E-state index in [0.717, 1.165) is 30.0 Å². The Bertz CT molecular complexity index is 701. The number of carbonyl (C=O) groups is 1. The van der Waals surface area contributed by atoms with Crippen molar-refractivity contribution < 1.29 is 31.6 Å². The molecule has 1 heterocycles. The molecule has 0 aliphatic heterocycles. The molecule has 0 saturated heterocycles. The highest BCUT2D eigenvalue weighted by Crippen LogP contribution is 2.15. The first-order valence-corrected chi connectivity index (χ1v) is 8.30. The molecule has 0 fully saturated rings. The Balaban J connectivity index is 0.00000312. The number of hydrogen-bond donors (Lipinski definition) is 1. The van der Waals surface area contributed by atoms with Crippen molar-refractivity contribution >= 4 is 18.1 Å². The largest absolute Gasteiger partial charge is 1.00 e. The van der Waals surface area contributed by atoms with E-state index in [1.807, 2.05) is 49.5 Å². The van der Waals surface area contributed by atoms with E-state index in [1.54, 1.807) is 0 Å². The molecule has 0 atom stereocenters. The van der Waals surface area contributed by atoms with Gasteiger partial charge in [0.1, 0.15) is 12.3 Å². The van der Waals surface area contributed by atoms with E-state index in [9.17, 15) is 4.79 Å². The SMILES string of the molecule is CCOc1cccc(/C=C/c2cccc[n+]2CCCCC(=O)O)c1.[Cl-]. The molecule has 5 heteroatoms. The molecule has 0 spiro atoms. The fourth-order valence-corrected chi connectivity index (χ4v) is 2.46. The Morgan fingerprint density at radius 3 is 2.76 bits per heavy atom. The maximum absolute atomic E-state index is 10.6. The van der Waals surface area contributed by atoms with E-state index in [1.165, 1.54) is 0 Å². The van der Waals surface area contributed by atoms with E-state index in [2.05, 4.69) is 22.8 Å². The summed E-state index contributed by atoms with van der Waals surface area (Å²) in [6, 6.07) is 14.0. The summed E-state index contributed by atoms with van der Waals surface area (Å²) in [7, 11) is 0. The lowest BCUT2D eigenvalue weighted by molar-refractivity contribution is -0.699. The highest BCUT2D eigenvalue weighted by atomic mass is 35.5. The van der Waals surface area contributed by atoms with Crippen LogP contribution in [0.3, 0.4) is 0 Å². The summed E-state index contributed by atoms with van der Waals surface area (Å²) in [6.07, 6.45) is 7.92. The second-order valence-electron chi connectivity index (χ2n) is 5.51. The van der Waals surface area contributed by atoms with Gasteiger partial charge in [-0.3, -0.25) is 4.79 Å². The van der Waals surface area contributed by atoms with Crippen LogP contribution in [-0.2, 0) is 11.3 Å². The number of unbranched alkanes of at least 4 members (excludes halogenated alkanes) is 1. The zero-order valence-corrected chi connectivity index (χ0v) is 15.2. The number of ether oxygens (including phenoxy) is 1. The minimum absolute atomic E-state index is 0. The van der Waals surface area contributed by atoms with E-state index < -0.39 is 5.97 Å². The average molecular weight is 362 g/mol. The first-order chi connectivity index (χ1) is 11.7. The van der Waals surface area contributed by atoms with Crippen LogP contribution in [0.2, 0.25) is 0 Å². The molecule has 25 heavy (non-hydrogen) atoms. The third-order valence-electron chi connectivity index (χ3n) is 3.63. The van der Waals surface area contributed by atoms with Gasteiger partial charge in [-0.15, -0.1) is 0 Å². The lowest BCUT2D eigenvalue weighted by Gasteiger charge is -2.03. The van der Waals surface area contributed by atoms with Gasteiger partial charge in [0.2, 0.25) is 5.69 Å². The summed E-state index contributed by atoms with van der Waals surface area (Å²) in [4.78, 5) is 10.6. The molecule has 134 valence electrons. The van der Waals surface area contributed by atoms with Crippen molar-refractivity contribution in [3.05, 3.63) is 59.9 Å². The molecule has 1 aromatic heterocycles. The molecule has 4 nitrogen and oxygen atoms in total. The molecule has 1 N–H and O–H groups in total. The van der Waals surface area contributed by atoms with Crippen LogP contribution in [-0.4, -0.2) is 17.7 Å². The van der Waals surface area contributed by atoms with Crippen LogP contribution < -0.4 is 21.7 Å². The number of halogens is 1. The third kappa shape index (κ3) is 7.40. The average Bonchev–Trinajstić information content (AvgIpc) is 2.58. The number of aromatic nitrogens is 1. The van der Waals surface area contributed by atoms with Crippen LogP contribution in [0.1, 0.15) is 37.4 Å². The van der Waals surface area contributed by atoms with Gasteiger partial charge < -0.3 is 22.3 Å². The molecular weight excluding hydrogens is 338 g/mol. The molecule has 1 aromatic carbocycles. The van der Waals surface area contributed by atoms with Crippen molar-refractivity contribution in [2.75, 3.05) is 6.61 Å². The molecule has 0 aliphatic rings. The third-order valence-corrected chi connectivity index (χ3v) is 3.63. The van der Waals surface area contributed by atoms with E-state index in [-0.39, 0.29) is 18.8 Å².